The summed E-state index contributed by atoms with van der Waals surface area (Å²) in [5.41, 5.74) is 1.39. The van der Waals surface area contributed by atoms with Crippen molar-refractivity contribution in [1.29, 1.82) is 0 Å². The van der Waals surface area contributed by atoms with E-state index >= 15 is 0 Å². The van der Waals surface area contributed by atoms with Crippen LogP contribution in [-0.4, -0.2) is 44.0 Å². The summed E-state index contributed by atoms with van der Waals surface area (Å²) in [6.45, 7) is 1.93. The molecule has 2 rings (SSSR count). The van der Waals surface area contributed by atoms with Gasteiger partial charge in [-0.2, -0.15) is 4.31 Å². The van der Waals surface area contributed by atoms with Crippen LogP contribution in [0, 0.1) is 0 Å². The quantitative estimate of drug-likeness (QED) is 0.397. The second-order valence-corrected chi connectivity index (χ2v) is 9.69. The Balaban J connectivity index is 2.00. The third kappa shape index (κ3) is 8.14. The highest BCUT2D eigenvalue weighted by Gasteiger charge is 2.21. The van der Waals surface area contributed by atoms with Gasteiger partial charge < -0.3 is 10.1 Å². The zero-order valence-corrected chi connectivity index (χ0v) is 19.6. The Morgan fingerprint density at radius 3 is 2.32 bits per heavy atom. The molecule has 0 atom stereocenters. The van der Waals surface area contributed by atoms with Crippen LogP contribution in [0.25, 0.3) is 0 Å². The largest absolute Gasteiger partial charge is 0.462 e. The molecule has 0 aliphatic rings. The molecule has 0 bridgehead atoms. The molecule has 2 aromatic carbocycles. The lowest BCUT2D eigenvalue weighted by molar-refractivity contribution is -0.116. The average Bonchev–Trinajstić information content (AvgIpc) is 2.70. The van der Waals surface area contributed by atoms with Gasteiger partial charge in [-0.1, -0.05) is 42.6 Å². The number of hydrogen-bond acceptors (Lipinski definition) is 5. The summed E-state index contributed by atoms with van der Waals surface area (Å²) in [5.74, 6) is -0.958. The Labute approximate surface area is 192 Å². The monoisotopic (exact) mass is 486 g/mol. The van der Waals surface area contributed by atoms with E-state index in [1.165, 1.54) is 12.1 Å². The molecule has 0 aromatic heterocycles. The fraction of sp³-hybridized carbons (Fsp3) is 0.333. The molecular weight excluding hydrogens is 463 g/mol. The van der Waals surface area contributed by atoms with E-state index in [1.54, 1.807) is 30.3 Å². The molecule has 0 heterocycles. The van der Waals surface area contributed by atoms with Crippen LogP contribution in [0.3, 0.4) is 0 Å². The summed E-state index contributed by atoms with van der Waals surface area (Å²) < 4.78 is 30.4. The number of nitrogens with one attached hydrogen (secondary N) is 1. The van der Waals surface area contributed by atoms with Crippen molar-refractivity contribution in [3.8, 4) is 0 Å². The van der Waals surface area contributed by atoms with E-state index in [0.29, 0.717) is 33.5 Å². The lowest BCUT2D eigenvalue weighted by Gasteiger charge is -2.20. The molecule has 0 unspecified atom stereocenters. The topological polar surface area (TPSA) is 92.8 Å². The van der Waals surface area contributed by atoms with Gasteiger partial charge in [-0.15, -0.1) is 0 Å². The van der Waals surface area contributed by atoms with Gasteiger partial charge in [0.1, 0.15) is 0 Å². The third-order valence-corrected chi connectivity index (χ3v) is 6.20. The first-order chi connectivity index (χ1) is 14.6. The Morgan fingerprint density at radius 1 is 1.06 bits per heavy atom. The summed E-state index contributed by atoms with van der Waals surface area (Å²) in [6, 6.07) is 10.9. The molecule has 1 N–H and O–H groups in total. The minimum Gasteiger partial charge on any atom is -0.462 e. The van der Waals surface area contributed by atoms with Gasteiger partial charge in [0.25, 0.3) is 0 Å². The van der Waals surface area contributed by atoms with Crippen LogP contribution >= 0.6 is 23.2 Å². The predicted octanol–water partition coefficient (Wildman–Crippen LogP) is 4.35. The Bertz CT molecular complexity index is 1030. The number of ether oxygens (including phenoxy) is 1. The molecule has 0 radical (unpaired) electrons. The second kappa shape index (κ2) is 11.5. The fourth-order valence-corrected chi connectivity index (χ4v) is 3.63. The SMILES string of the molecule is CCCCOC(=O)c1ccc(NC(=O)CN(Cc2ccc(Cl)c(Cl)c2)S(C)(=O)=O)cc1. The maximum Gasteiger partial charge on any atom is 0.338 e. The van der Waals surface area contributed by atoms with Crippen LogP contribution in [0.4, 0.5) is 5.69 Å². The second-order valence-electron chi connectivity index (χ2n) is 6.89. The standard InChI is InChI=1S/C21H24Cl2N2O5S/c1-3-4-11-30-21(27)16-6-8-17(9-7-16)24-20(26)14-25(31(2,28)29)13-15-5-10-18(22)19(23)12-15/h5-10,12H,3-4,11,13-14H2,1-2H3,(H,24,26). The van der Waals surface area contributed by atoms with Gasteiger partial charge in [0, 0.05) is 12.2 Å². The van der Waals surface area contributed by atoms with Crippen molar-refractivity contribution in [3.63, 3.8) is 0 Å². The number of halogens is 2. The van der Waals surface area contributed by atoms with E-state index in [9.17, 15) is 18.0 Å². The molecule has 0 spiro atoms. The molecule has 0 saturated carbocycles. The molecule has 10 heteroatoms. The van der Waals surface area contributed by atoms with E-state index in [2.05, 4.69) is 5.32 Å². The van der Waals surface area contributed by atoms with Crippen LogP contribution in [0.5, 0.6) is 0 Å². The molecule has 0 saturated heterocycles. The van der Waals surface area contributed by atoms with Crippen LogP contribution in [0.2, 0.25) is 10.0 Å². The zero-order chi connectivity index (χ0) is 23.0. The number of hydrogen-bond donors (Lipinski definition) is 1. The average molecular weight is 487 g/mol. The van der Waals surface area contributed by atoms with Crippen LogP contribution in [-0.2, 0) is 26.1 Å². The summed E-state index contributed by atoms with van der Waals surface area (Å²) in [5, 5.41) is 3.28. The fourth-order valence-electron chi connectivity index (χ4n) is 2.57. The van der Waals surface area contributed by atoms with E-state index in [4.69, 9.17) is 27.9 Å². The van der Waals surface area contributed by atoms with Crippen molar-refractivity contribution in [2.75, 3.05) is 24.7 Å². The summed E-state index contributed by atoms with van der Waals surface area (Å²) in [4.78, 5) is 24.3. The first kappa shape index (κ1) is 25.1. The normalized spacial score (nSPS) is 11.4. The number of carbonyl (C=O) groups excluding carboxylic acids is 2. The smallest absolute Gasteiger partial charge is 0.338 e. The van der Waals surface area contributed by atoms with Crippen molar-refractivity contribution in [2.24, 2.45) is 0 Å². The summed E-state index contributed by atoms with van der Waals surface area (Å²) >= 11 is 11.9. The van der Waals surface area contributed by atoms with Crippen molar-refractivity contribution < 1.29 is 22.7 Å². The Hall–Kier alpha value is -2.13. The van der Waals surface area contributed by atoms with Gasteiger partial charge >= 0.3 is 5.97 Å². The van der Waals surface area contributed by atoms with Crippen LogP contribution < -0.4 is 5.32 Å². The molecular formula is C21H24Cl2N2O5S. The van der Waals surface area contributed by atoms with Crippen molar-refractivity contribution in [3.05, 3.63) is 63.6 Å². The van der Waals surface area contributed by atoms with E-state index in [0.717, 1.165) is 23.4 Å². The zero-order valence-electron chi connectivity index (χ0n) is 17.2. The Kier molecular flexibility index (Phi) is 9.31. The van der Waals surface area contributed by atoms with E-state index < -0.39 is 21.9 Å². The minimum absolute atomic E-state index is 0.0360. The molecule has 0 fully saturated rings. The number of rotatable bonds is 10. The maximum absolute atomic E-state index is 12.4. The van der Waals surface area contributed by atoms with Crippen molar-refractivity contribution in [1.82, 2.24) is 4.31 Å². The number of amides is 1. The van der Waals surface area contributed by atoms with E-state index in [1.807, 2.05) is 6.92 Å². The number of anilines is 1. The molecule has 0 aliphatic carbocycles. The number of unbranched alkanes of at least 4 members (excludes halogenated alkanes) is 1. The number of nitrogens with zero attached hydrogens (tertiary/aromatic N) is 1. The van der Waals surface area contributed by atoms with E-state index in [-0.39, 0.29) is 13.1 Å². The van der Waals surface area contributed by atoms with Crippen molar-refractivity contribution >= 4 is 50.8 Å². The summed E-state index contributed by atoms with van der Waals surface area (Å²) in [6.07, 6.45) is 2.74. The predicted molar refractivity (Wildman–Crippen MR) is 122 cm³/mol. The lowest BCUT2D eigenvalue weighted by atomic mass is 10.2. The molecule has 0 aliphatic heterocycles. The van der Waals surface area contributed by atoms with Gasteiger partial charge in [0.05, 0.1) is 35.0 Å². The Morgan fingerprint density at radius 2 is 1.74 bits per heavy atom. The number of carbonyl (C=O) groups is 2. The first-order valence-electron chi connectivity index (χ1n) is 9.56. The highest BCUT2D eigenvalue weighted by molar-refractivity contribution is 7.88. The highest BCUT2D eigenvalue weighted by atomic mass is 35.5. The highest BCUT2D eigenvalue weighted by Crippen LogP contribution is 2.23. The molecule has 1 amide bonds. The molecule has 31 heavy (non-hydrogen) atoms. The van der Waals surface area contributed by atoms with Crippen LogP contribution in [0.15, 0.2) is 42.5 Å². The molecule has 168 valence electrons. The van der Waals surface area contributed by atoms with Crippen LogP contribution in [0.1, 0.15) is 35.7 Å². The number of esters is 1. The minimum atomic E-state index is -3.67. The number of sulfonamides is 1. The summed E-state index contributed by atoms with van der Waals surface area (Å²) in [7, 11) is -3.67. The van der Waals surface area contributed by atoms with Crippen molar-refractivity contribution in [2.45, 2.75) is 26.3 Å². The van der Waals surface area contributed by atoms with Gasteiger partial charge in [-0.05, 0) is 48.4 Å². The lowest BCUT2D eigenvalue weighted by Crippen LogP contribution is -2.36. The first-order valence-corrected chi connectivity index (χ1v) is 12.2. The molecule has 2 aromatic rings. The molecule has 7 nitrogen and oxygen atoms in total. The maximum atomic E-state index is 12.4. The van der Waals surface area contributed by atoms with Gasteiger partial charge in [0.15, 0.2) is 0 Å². The van der Waals surface area contributed by atoms with Gasteiger partial charge in [-0.3, -0.25) is 4.79 Å². The van der Waals surface area contributed by atoms with Gasteiger partial charge in [-0.25, -0.2) is 13.2 Å². The number of benzene rings is 2. The van der Waals surface area contributed by atoms with Gasteiger partial charge in [0.2, 0.25) is 15.9 Å². The third-order valence-electron chi connectivity index (χ3n) is 4.27.